The molecule has 0 aliphatic carbocycles. The second-order valence-corrected chi connectivity index (χ2v) is 7.96. The molecule has 0 unspecified atom stereocenters. The lowest BCUT2D eigenvalue weighted by atomic mass is 9.88. The van der Waals surface area contributed by atoms with Crippen LogP contribution >= 0.6 is 0 Å². The molecule has 2 heterocycles. The molecule has 2 aliphatic heterocycles. The molecule has 0 fully saturated rings. The maximum Gasteiger partial charge on any atom is 0.310 e. The first-order valence-corrected chi connectivity index (χ1v) is 10.9. The second kappa shape index (κ2) is 8.31. The van der Waals surface area contributed by atoms with Crippen LogP contribution in [0.25, 0.3) is 10.8 Å². The number of hydrogen-bond acceptors (Lipinski definition) is 7. The SMILES string of the molecule is CCC(=O)Oc1c(C)cc2c(OC)c(OC)ccc2c1C1=NCCc2cc3c(cc21)OCO3. The van der Waals surface area contributed by atoms with Crippen molar-refractivity contribution in [2.45, 2.75) is 26.7 Å². The molecule has 0 bridgehead atoms. The molecule has 0 spiro atoms. The molecule has 2 aliphatic rings. The van der Waals surface area contributed by atoms with Crippen LogP contribution in [0.15, 0.2) is 35.3 Å². The van der Waals surface area contributed by atoms with Crippen molar-refractivity contribution in [3.8, 4) is 28.7 Å². The first-order valence-electron chi connectivity index (χ1n) is 10.9. The predicted molar refractivity (Wildman–Crippen MR) is 124 cm³/mol. The molecule has 0 saturated heterocycles. The van der Waals surface area contributed by atoms with Gasteiger partial charge in [0.25, 0.3) is 0 Å². The number of aliphatic imine (C=N–C) groups is 1. The zero-order chi connectivity index (χ0) is 23.1. The van der Waals surface area contributed by atoms with E-state index in [0.717, 1.165) is 50.9 Å². The van der Waals surface area contributed by atoms with Gasteiger partial charge in [-0.25, -0.2) is 0 Å². The minimum absolute atomic E-state index is 0.203. The van der Waals surface area contributed by atoms with Crippen molar-refractivity contribution < 1.29 is 28.5 Å². The van der Waals surface area contributed by atoms with Crippen molar-refractivity contribution in [3.63, 3.8) is 0 Å². The fraction of sp³-hybridized carbons (Fsp3) is 0.308. The number of carbonyl (C=O) groups is 1. The van der Waals surface area contributed by atoms with E-state index in [-0.39, 0.29) is 19.2 Å². The third kappa shape index (κ3) is 3.44. The molecule has 0 saturated carbocycles. The largest absolute Gasteiger partial charge is 0.493 e. The molecule has 7 nitrogen and oxygen atoms in total. The van der Waals surface area contributed by atoms with E-state index in [1.807, 2.05) is 37.3 Å². The highest BCUT2D eigenvalue weighted by Crippen LogP contribution is 2.44. The van der Waals surface area contributed by atoms with Gasteiger partial charge < -0.3 is 23.7 Å². The molecule has 5 rings (SSSR count). The topological polar surface area (TPSA) is 75.6 Å². The Labute approximate surface area is 191 Å². The Kier molecular flexibility index (Phi) is 5.32. The van der Waals surface area contributed by atoms with Crippen molar-refractivity contribution in [2.75, 3.05) is 27.6 Å². The van der Waals surface area contributed by atoms with Crippen molar-refractivity contribution in [1.82, 2.24) is 0 Å². The van der Waals surface area contributed by atoms with E-state index in [1.165, 1.54) is 0 Å². The first-order chi connectivity index (χ1) is 16.0. The lowest BCUT2D eigenvalue weighted by molar-refractivity contribution is -0.134. The lowest BCUT2D eigenvalue weighted by Gasteiger charge is -2.23. The molecule has 0 amide bonds. The second-order valence-electron chi connectivity index (χ2n) is 7.96. The number of benzene rings is 3. The monoisotopic (exact) mass is 447 g/mol. The molecular weight excluding hydrogens is 422 g/mol. The molecule has 0 radical (unpaired) electrons. The van der Waals surface area contributed by atoms with E-state index in [9.17, 15) is 4.79 Å². The summed E-state index contributed by atoms with van der Waals surface area (Å²) in [4.78, 5) is 17.3. The maximum absolute atomic E-state index is 12.4. The quantitative estimate of drug-likeness (QED) is 0.420. The van der Waals surface area contributed by atoms with E-state index >= 15 is 0 Å². The molecule has 0 N–H and O–H groups in total. The van der Waals surface area contributed by atoms with E-state index < -0.39 is 0 Å². The Balaban J connectivity index is 1.82. The number of rotatable bonds is 5. The summed E-state index contributed by atoms with van der Waals surface area (Å²) in [6.45, 7) is 4.52. The summed E-state index contributed by atoms with van der Waals surface area (Å²) in [7, 11) is 3.23. The Morgan fingerprint density at radius 3 is 2.55 bits per heavy atom. The number of hydrogen-bond donors (Lipinski definition) is 0. The van der Waals surface area contributed by atoms with E-state index in [2.05, 4.69) is 0 Å². The Morgan fingerprint density at radius 2 is 1.82 bits per heavy atom. The predicted octanol–water partition coefficient (Wildman–Crippen LogP) is 4.60. The van der Waals surface area contributed by atoms with Crippen molar-refractivity contribution in [1.29, 1.82) is 0 Å². The summed E-state index contributed by atoms with van der Waals surface area (Å²) >= 11 is 0. The summed E-state index contributed by atoms with van der Waals surface area (Å²) in [6.07, 6.45) is 1.06. The molecule has 33 heavy (non-hydrogen) atoms. The Morgan fingerprint density at radius 1 is 1.03 bits per heavy atom. The van der Waals surface area contributed by atoms with Gasteiger partial charge in [-0.2, -0.15) is 0 Å². The van der Waals surface area contributed by atoms with Crippen molar-refractivity contribution in [3.05, 3.63) is 52.6 Å². The number of fused-ring (bicyclic) bond motifs is 3. The highest BCUT2D eigenvalue weighted by atomic mass is 16.7. The van der Waals surface area contributed by atoms with Gasteiger partial charge in [0.15, 0.2) is 23.0 Å². The van der Waals surface area contributed by atoms with Crippen LogP contribution in [0.2, 0.25) is 0 Å². The number of esters is 1. The van der Waals surface area contributed by atoms with Gasteiger partial charge in [0.2, 0.25) is 6.79 Å². The zero-order valence-electron chi connectivity index (χ0n) is 19.1. The molecule has 170 valence electrons. The van der Waals surface area contributed by atoms with E-state index in [0.29, 0.717) is 29.5 Å². The van der Waals surface area contributed by atoms with Gasteiger partial charge in [0, 0.05) is 23.9 Å². The van der Waals surface area contributed by atoms with Gasteiger partial charge in [-0.15, -0.1) is 0 Å². The highest BCUT2D eigenvalue weighted by Gasteiger charge is 2.28. The zero-order valence-corrected chi connectivity index (χ0v) is 19.1. The van der Waals surface area contributed by atoms with Gasteiger partial charge in [0.1, 0.15) is 5.75 Å². The summed E-state index contributed by atoms with van der Waals surface area (Å²) in [5.41, 5.74) is 4.39. The summed E-state index contributed by atoms with van der Waals surface area (Å²) < 4.78 is 28.3. The van der Waals surface area contributed by atoms with Crippen molar-refractivity contribution >= 4 is 22.5 Å². The van der Waals surface area contributed by atoms with Gasteiger partial charge in [-0.1, -0.05) is 6.92 Å². The van der Waals surface area contributed by atoms with Crippen LogP contribution in [0, 0.1) is 6.92 Å². The van der Waals surface area contributed by atoms with Crippen LogP contribution in [0.4, 0.5) is 0 Å². The van der Waals surface area contributed by atoms with Crippen molar-refractivity contribution in [2.24, 2.45) is 4.99 Å². The normalized spacial score (nSPS) is 14.0. The minimum atomic E-state index is -0.304. The Hall–Kier alpha value is -3.74. The van der Waals surface area contributed by atoms with E-state index in [1.54, 1.807) is 21.1 Å². The molecular formula is C26H25NO6. The standard InChI is InChI=1S/C26H25NO6/c1-5-22(28)33-25-14(2)10-18-16(6-7-19(29-3)26(18)30-4)23(25)24-17-12-21-20(31-13-32-21)11-15(17)8-9-27-24/h6-7,10-12H,5,8-9,13H2,1-4H3. The number of aryl methyl sites for hydroxylation is 1. The molecule has 3 aromatic rings. The smallest absolute Gasteiger partial charge is 0.310 e. The van der Waals surface area contributed by atoms with Crippen LogP contribution in [-0.4, -0.2) is 39.2 Å². The highest BCUT2D eigenvalue weighted by molar-refractivity contribution is 6.23. The maximum atomic E-state index is 12.4. The van der Waals surface area contributed by atoms with Gasteiger partial charge in [0.05, 0.1) is 25.5 Å². The number of methoxy groups -OCH3 is 2. The Bertz CT molecular complexity index is 1310. The average molecular weight is 447 g/mol. The number of nitrogens with zero attached hydrogens (tertiary/aromatic N) is 1. The third-order valence-electron chi connectivity index (χ3n) is 6.05. The fourth-order valence-electron chi connectivity index (χ4n) is 4.46. The van der Waals surface area contributed by atoms with Crippen LogP contribution in [0.3, 0.4) is 0 Å². The van der Waals surface area contributed by atoms with E-state index in [4.69, 9.17) is 28.7 Å². The van der Waals surface area contributed by atoms with Crippen LogP contribution in [0.1, 0.15) is 35.6 Å². The number of ether oxygens (including phenoxy) is 5. The molecule has 3 aromatic carbocycles. The van der Waals surface area contributed by atoms with Gasteiger partial charge >= 0.3 is 5.97 Å². The molecule has 0 aromatic heterocycles. The fourth-order valence-corrected chi connectivity index (χ4v) is 4.46. The minimum Gasteiger partial charge on any atom is -0.493 e. The first kappa shape index (κ1) is 21.1. The lowest BCUT2D eigenvalue weighted by Crippen LogP contribution is -2.18. The summed E-state index contributed by atoms with van der Waals surface area (Å²) in [5.74, 6) is 2.88. The third-order valence-corrected chi connectivity index (χ3v) is 6.05. The van der Waals surface area contributed by atoms with Gasteiger partial charge in [-0.05, 0) is 60.2 Å². The average Bonchev–Trinajstić information content (AvgIpc) is 3.29. The molecule has 7 heteroatoms. The molecule has 0 atom stereocenters. The van der Waals surface area contributed by atoms with Crippen LogP contribution in [-0.2, 0) is 11.2 Å². The summed E-state index contributed by atoms with van der Waals surface area (Å²) in [6, 6.07) is 9.76. The van der Waals surface area contributed by atoms with Crippen LogP contribution in [0.5, 0.6) is 28.7 Å². The van der Waals surface area contributed by atoms with Crippen LogP contribution < -0.4 is 23.7 Å². The summed E-state index contributed by atoms with van der Waals surface area (Å²) in [5, 5.41) is 1.72. The van der Waals surface area contributed by atoms with Gasteiger partial charge in [-0.3, -0.25) is 9.79 Å². The number of carbonyl (C=O) groups excluding carboxylic acids is 1.